The van der Waals surface area contributed by atoms with Crippen molar-refractivity contribution in [2.75, 3.05) is 7.05 Å². The SMILES string of the molecule is CNC(C)c1cc(Br)ccc1OCc1cccc(F)c1F. The lowest BCUT2D eigenvalue weighted by molar-refractivity contribution is 0.291. The summed E-state index contributed by atoms with van der Waals surface area (Å²) in [7, 11) is 1.85. The van der Waals surface area contributed by atoms with E-state index in [4.69, 9.17) is 4.74 Å². The molecule has 0 aliphatic heterocycles. The van der Waals surface area contributed by atoms with Gasteiger partial charge in [0.1, 0.15) is 12.4 Å². The lowest BCUT2D eigenvalue weighted by Gasteiger charge is -2.17. The van der Waals surface area contributed by atoms with Gasteiger partial charge < -0.3 is 10.1 Å². The quantitative estimate of drug-likeness (QED) is 0.846. The fourth-order valence-electron chi connectivity index (χ4n) is 1.96. The predicted octanol–water partition coefficient (Wildman–Crippen LogP) is 4.59. The number of ether oxygens (including phenoxy) is 1. The van der Waals surface area contributed by atoms with Gasteiger partial charge in [0, 0.05) is 21.6 Å². The standard InChI is InChI=1S/C16H16BrF2NO/c1-10(20-2)13-8-12(17)6-7-15(13)21-9-11-4-3-5-14(18)16(11)19/h3-8,10,20H,9H2,1-2H3. The lowest BCUT2D eigenvalue weighted by Crippen LogP contribution is -2.14. The van der Waals surface area contributed by atoms with Crippen LogP contribution in [-0.2, 0) is 6.61 Å². The van der Waals surface area contributed by atoms with Crippen molar-refractivity contribution in [1.82, 2.24) is 5.32 Å². The number of rotatable bonds is 5. The van der Waals surface area contributed by atoms with E-state index in [9.17, 15) is 8.78 Å². The van der Waals surface area contributed by atoms with Gasteiger partial charge in [0.15, 0.2) is 11.6 Å². The Morgan fingerprint density at radius 2 is 2.00 bits per heavy atom. The molecule has 2 aromatic rings. The van der Waals surface area contributed by atoms with Crippen LogP contribution >= 0.6 is 15.9 Å². The Bertz CT molecular complexity index is 634. The largest absolute Gasteiger partial charge is 0.488 e. The molecule has 0 heterocycles. The second kappa shape index (κ2) is 7.00. The first-order valence-corrected chi connectivity index (χ1v) is 7.34. The van der Waals surface area contributed by atoms with Gasteiger partial charge in [0.2, 0.25) is 0 Å². The fourth-order valence-corrected chi connectivity index (χ4v) is 2.34. The van der Waals surface area contributed by atoms with Crippen LogP contribution in [0.5, 0.6) is 5.75 Å². The molecule has 21 heavy (non-hydrogen) atoms. The van der Waals surface area contributed by atoms with Crippen molar-refractivity contribution in [2.45, 2.75) is 19.6 Å². The van der Waals surface area contributed by atoms with E-state index in [1.54, 1.807) is 0 Å². The van der Waals surface area contributed by atoms with Crippen molar-refractivity contribution in [3.8, 4) is 5.75 Å². The fraction of sp³-hybridized carbons (Fsp3) is 0.250. The van der Waals surface area contributed by atoms with Crippen LogP contribution < -0.4 is 10.1 Å². The Morgan fingerprint density at radius 3 is 2.71 bits per heavy atom. The average Bonchev–Trinajstić information content (AvgIpc) is 2.49. The number of hydrogen-bond donors (Lipinski definition) is 1. The van der Waals surface area contributed by atoms with Crippen LogP contribution in [0.3, 0.4) is 0 Å². The van der Waals surface area contributed by atoms with Crippen LogP contribution in [0.2, 0.25) is 0 Å². The average molecular weight is 356 g/mol. The molecule has 0 aromatic heterocycles. The van der Waals surface area contributed by atoms with Crippen molar-refractivity contribution in [1.29, 1.82) is 0 Å². The summed E-state index contributed by atoms with van der Waals surface area (Å²) in [6, 6.07) is 9.75. The van der Waals surface area contributed by atoms with Crippen LogP contribution in [0.25, 0.3) is 0 Å². The van der Waals surface area contributed by atoms with E-state index in [0.29, 0.717) is 5.75 Å². The van der Waals surface area contributed by atoms with Gasteiger partial charge in [-0.3, -0.25) is 0 Å². The molecule has 1 atom stereocenters. The number of hydrogen-bond acceptors (Lipinski definition) is 2. The predicted molar refractivity (Wildman–Crippen MR) is 82.3 cm³/mol. The first-order valence-electron chi connectivity index (χ1n) is 6.55. The molecule has 0 aliphatic carbocycles. The summed E-state index contributed by atoms with van der Waals surface area (Å²) >= 11 is 3.42. The maximum absolute atomic E-state index is 13.6. The van der Waals surface area contributed by atoms with E-state index in [1.807, 2.05) is 32.2 Å². The maximum Gasteiger partial charge on any atom is 0.165 e. The summed E-state index contributed by atoms with van der Waals surface area (Å²) in [5, 5.41) is 3.13. The van der Waals surface area contributed by atoms with Crippen molar-refractivity contribution >= 4 is 15.9 Å². The third kappa shape index (κ3) is 3.80. The van der Waals surface area contributed by atoms with Gasteiger partial charge in [-0.2, -0.15) is 0 Å². The van der Waals surface area contributed by atoms with E-state index >= 15 is 0 Å². The zero-order valence-electron chi connectivity index (χ0n) is 11.8. The van der Waals surface area contributed by atoms with Crippen LogP contribution in [0, 0.1) is 11.6 Å². The molecule has 0 radical (unpaired) electrons. The molecule has 0 saturated carbocycles. The normalized spacial score (nSPS) is 12.2. The molecule has 2 aromatic carbocycles. The number of benzene rings is 2. The number of nitrogens with one attached hydrogen (secondary N) is 1. The van der Waals surface area contributed by atoms with E-state index in [2.05, 4.69) is 21.2 Å². The van der Waals surface area contributed by atoms with Gasteiger partial charge in [-0.1, -0.05) is 28.1 Å². The highest BCUT2D eigenvalue weighted by Crippen LogP contribution is 2.29. The first kappa shape index (κ1) is 15.9. The zero-order valence-corrected chi connectivity index (χ0v) is 13.4. The summed E-state index contributed by atoms with van der Waals surface area (Å²) < 4.78 is 33.4. The Labute approximate surface area is 131 Å². The van der Waals surface area contributed by atoms with Gasteiger partial charge in [-0.05, 0) is 38.2 Å². The molecule has 1 unspecified atom stereocenters. The molecule has 0 fully saturated rings. The Morgan fingerprint density at radius 1 is 1.24 bits per heavy atom. The lowest BCUT2D eigenvalue weighted by atomic mass is 10.1. The van der Waals surface area contributed by atoms with Crippen LogP contribution in [0.15, 0.2) is 40.9 Å². The molecular weight excluding hydrogens is 340 g/mol. The van der Waals surface area contributed by atoms with Gasteiger partial charge >= 0.3 is 0 Å². The third-order valence-electron chi connectivity index (χ3n) is 3.29. The van der Waals surface area contributed by atoms with Crippen molar-refractivity contribution < 1.29 is 13.5 Å². The second-order valence-electron chi connectivity index (χ2n) is 4.69. The molecular formula is C16H16BrF2NO. The molecule has 2 nitrogen and oxygen atoms in total. The first-order chi connectivity index (χ1) is 10.0. The molecule has 0 saturated heterocycles. The highest BCUT2D eigenvalue weighted by Gasteiger charge is 2.13. The Kier molecular flexibility index (Phi) is 5.31. The van der Waals surface area contributed by atoms with Crippen molar-refractivity contribution in [3.05, 3.63) is 63.6 Å². The summed E-state index contributed by atoms with van der Waals surface area (Å²) in [4.78, 5) is 0. The van der Waals surface area contributed by atoms with Crippen molar-refractivity contribution in [3.63, 3.8) is 0 Å². The Hall–Kier alpha value is -1.46. The smallest absolute Gasteiger partial charge is 0.165 e. The third-order valence-corrected chi connectivity index (χ3v) is 3.78. The van der Waals surface area contributed by atoms with Crippen LogP contribution in [-0.4, -0.2) is 7.05 Å². The summed E-state index contributed by atoms with van der Waals surface area (Å²) in [6.45, 7) is 1.98. The zero-order chi connectivity index (χ0) is 15.4. The maximum atomic E-state index is 13.6. The van der Waals surface area contributed by atoms with Gasteiger partial charge in [-0.25, -0.2) is 8.78 Å². The monoisotopic (exact) mass is 355 g/mol. The minimum Gasteiger partial charge on any atom is -0.488 e. The highest BCUT2D eigenvalue weighted by molar-refractivity contribution is 9.10. The minimum atomic E-state index is -0.865. The molecule has 0 amide bonds. The van der Waals surface area contributed by atoms with Gasteiger partial charge in [-0.15, -0.1) is 0 Å². The topological polar surface area (TPSA) is 21.3 Å². The molecule has 0 spiro atoms. The molecule has 0 aliphatic rings. The molecule has 112 valence electrons. The number of halogens is 3. The van der Waals surface area contributed by atoms with E-state index in [1.165, 1.54) is 12.1 Å². The minimum absolute atomic E-state index is 0.0192. The van der Waals surface area contributed by atoms with Crippen LogP contribution in [0.4, 0.5) is 8.78 Å². The van der Waals surface area contributed by atoms with Crippen molar-refractivity contribution in [2.24, 2.45) is 0 Å². The van der Waals surface area contributed by atoms with E-state index in [-0.39, 0.29) is 18.2 Å². The highest BCUT2D eigenvalue weighted by atomic mass is 79.9. The molecule has 0 bridgehead atoms. The molecule has 2 rings (SSSR count). The van der Waals surface area contributed by atoms with E-state index < -0.39 is 11.6 Å². The Balaban J connectivity index is 2.22. The van der Waals surface area contributed by atoms with Gasteiger partial charge in [0.05, 0.1) is 0 Å². The summed E-state index contributed by atoms with van der Waals surface area (Å²) in [6.07, 6.45) is 0. The summed E-state index contributed by atoms with van der Waals surface area (Å²) in [5.41, 5.74) is 1.14. The second-order valence-corrected chi connectivity index (χ2v) is 5.61. The van der Waals surface area contributed by atoms with Gasteiger partial charge in [0.25, 0.3) is 0 Å². The molecule has 5 heteroatoms. The summed E-state index contributed by atoms with van der Waals surface area (Å²) in [5.74, 6) is -1.09. The van der Waals surface area contributed by atoms with E-state index in [0.717, 1.165) is 16.1 Å². The molecule has 1 N–H and O–H groups in total. The van der Waals surface area contributed by atoms with Crippen LogP contribution in [0.1, 0.15) is 24.1 Å².